The number of ether oxygens (including phenoxy) is 3. The monoisotopic (exact) mass is 362 g/mol. The van der Waals surface area contributed by atoms with Crippen LogP contribution in [0.15, 0.2) is 0 Å². The lowest BCUT2D eigenvalue weighted by Gasteiger charge is -2.39. The van der Waals surface area contributed by atoms with Crippen LogP contribution >= 0.6 is 11.6 Å². The number of ketones is 1. The van der Waals surface area contributed by atoms with Crippen LogP contribution in [-0.4, -0.2) is 49.5 Å². The minimum absolute atomic E-state index is 0.0258. The van der Waals surface area contributed by atoms with Crippen molar-refractivity contribution in [3.63, 3.8) is 0 Å². The van der Waals surface area contributed by atoms with Crippen LogP contribution in [0, 0.1) is 23.7 Å². The summed E-state index contributed by atoms with van der Waals surface area (Å²) in [5.41, 5.74) is 0. The van der Waals surface area contributed by atoms with Gasteiger partial charge in [-0.1, -0.05) is 13.8 Å². The molecule has 0 aromatic heterocycles. The molecule has 0 radical (unpaired) electrons. The predicted molar refractivity (Wildman–Crippen MR) is 88.8 cm³/mol. The first kappa shape index (κ1) is 18.6. The lowest BCUT2D eigenvalue weighted by molar-refractivity contribution is -0.238. The highest BCUT2D eigenvalue weighted by molar-refractivity contribution is 6.22. The van der Waals surface area contributed by atoms with Crippen LogP contribution < -0.4 is 0 Å². The fourth-order valence-electron chi connectivity index (χ4n) is 3.93. The van der Waals surface area contributed by atoms with Crippen LogP contribution in [0.4, 0.5) is 4.39 Å². The van der Waals surface area contributed by atoms with Crippen molar-refractivity contribution >= 4 is 17.4 Å². The molecular formula is C18H28ClFO4. The zero-order chi connectivity index (χ0) is 17.3. The smallest absolute Gasteiger partial charge is 0.166 e. The van der Waals surface area contributed by atoms with Crippen molar-refractivity contribution in [3.8, 4) is 0 Å². The Morgan fingerprint density at radius 2 is 1.71 bits per heavy atom. The Kier molecular flexibility index (Phi) is 6.17. The van der Waals surface area contributed by atoms with E-state index in [9.17, 15) is 9.18 Å². The van der Waals surface area contributed by atoms with E-state index >= 15 is 0 Å². The molecular weight excluding hydrogens is 335 g/mol. The molecule has 0 aromatic rings. The van der Waals surface area contributed by atoms with E-state index in [1.807, 2.05) is 6.92 Å². The number of rotatable bonds is 3. The normalized spacial score (nSPS) is 47.3. The number of hydrogen-bond donors (Lipinski definition) is 0. The zero-order valence-corrected chi connectivity index (χ0v) is 15.2. The Labute approximate surface area is 148 Å². The van der Waals surface area contributed by atoms with Crippen molar-refractivity contribution in [2.24, 2.45) is 23.7 Å². The molecule has 2 aliphatic heterocycles. The number of Topliss-reactive ketones (excluding diaryl/α,β-unsaturated/α-hetero) is 1. The van der Waals surface area contributed by atoms with Gasteiger partial charge in [0.15, 0.2) is 12.1 Å². The Balaban J connectivity index is 1.50. The standard InChI is InChI=1S/C18H28ClFO4/c1-10-7-23-18(24-8-10)12-4-6-14(22-9-12)17(21)13-5-3-11(2)16(20)15(13)19/h10-16,18H,3-9H2,1-2H3. The van der Waals surface area contributed by atoms with Crippen LogP contribution in [0.1, 0.15) is 39.5 Å². The largest absolute Gasteiger partial charge is 0.370 e. The summed E-state index contributed by atoms with van der Waals surface area (Å²) in [5, 5.41) is -0.728. The zero-order valence-electron chi connectivity index (χ0n) is 14.5. The van der Waals surface area contributed by atoms with E-state index in [2.05, 4.69) is 6.92 Å². The first-order chi connectivity index (χ1) is 11.5. The molecule has 0 bridgehead atoms. The Morgan fingerprint density at radius 1 is 1.00 bits per heavy atom. The van der Waals surface area contributed by atoms with Crippen LogP contribution in [0.3, 0.4) is 0 Å². The summed E-state index contributed by atoms with van der Waals surface area (Å²) in [6, 6.07) is 0. The van der Waals surface area contributed by atoms with Gasteiger partial charge in [0, 0.05) is 17.8 Å². The van der Waals surface area contributed by atoms with Gasteiger partial charge < -0.3 is 14.2 Å². The minimum atomic E-state index is -1.11. The van der Waals surface area contributed by atoms with Gasteiger partial charge in [-0.2, -0.15) is 0 Å². The lowest BCUT2D eigenvalue weighted by Crippen LogP contribution is -2.47. The number of hydrogen-bond acceptors (Lipinski definition) is 4. The molecule has 2 saturated heterocycles. The molecule has 6 heteroatoms. The van der Waals surface area contributed by atoms with Gasteiger partial charge in [0.2, 0.25) is 0 Å². The van der Waals surface area contributed by atoms with E-state index in [4.69, 9.17) is 25.8 Å². The van der Waals surface area contributed by atoms with Gasteiger partial charge in [0.25, 0.3) is 0 Å². The molecule has 1 saturated carbocycles. The fourth-order valence-corrected chi connectivity index (χ4v) is 4.43. The third-order valence-corrected chi connectivity index (χ3v) is 6.18. The number of alkyl halides is 2. The number of carbonyl (C=O) groups is 1. The van der Waals surface area contributed by atoms with Crippen molar-refractivity contribution in [2.45, 2.75) is 63.5 Å². The van der Waals surface area contributed by atoms with Gasteiger partial charge >= 0.3 is 0 Å². The molecule has 24 heavy (non-hydrogen) atoms. The van der Waals surface area contributed by atoms with Gasteiger partial charge in [0.05, 0.1) is 25.2 Å². The molecule has 138 valence electrons. The summed E-state index contributed by atoms with van der Waals surface area (Å²) in [6.07, 6.45) is 1.01. The maximum Gasteiger partial charge on any atom is 0.166 e. The molecule has 0 N–H and O–H groups in total. The van der Waals surface area contributed by atoms with E-state index < -0.39 is 23.6 Å². The van der Waals surface area contributed by atoms with Crippen LogP contribution in [0.2, 0.25) is 0 Å². The molecule has 3 rings (SSSR count). The highest BCUT2D eigenvalue weighted by Gasteiger charge is 2.44. The Hall–Kier alpha value is -0.230. The van der Waals surface area contributed by atoms with Crippen LogP contribution in [0.5, 0.6) is 0 Å². The third-order valence-electron chi connectivity index (χ3n) is 5.63. The van der Waals surface area contributed by atoms with Crippen LogP contribution in [0.25, 0.3) is 0 Å². The summed E-state index contributed by atoms with van der Waals surface area (Å²) in [4.78, 5) is 12.7. The molecule has 1 aliphatic carbocycles. The van der Waals surface area contributed by atoms with E-state index in [0.717, 1.165) is 6.42 Å². The molecule has 0 aromatic carbocycles. The summed E-state index contributed by atoms with van der Waals surface area (Å²) in [5.74, 6) is 0.0532. The lowest BCUT2D eigenvalue weighted by atomic mass is 9.77. The average Bonchev–Trinajstić information content (AvgIpc) is 2.60. The van der Waals surface area contributed by atoms with Gasteiger partial charge in [-0.05, 0) is 31.6 Å². The third kappa shape index (κ3) is 3.95. The van der Waals surface area contributed by atoms with Gasteiger partial charge in [-0.3, -0.25) is 4.79 Å². The molecule has 2 heterocycles. The maximum absolute atomic E-state index is 14.1. The van der Waals surface area contributed by atoms with Gasteiger partial charge in [-0.25, -0.2) is 4.39 Å². The van der Waals surface area contributed by atoms with E-state index in [0.29, 0.717) is 45.0 Å². The highest BCUT2D eigenvalue weighted by atomic mass is 35.5. The summed E-state index contributed by atoms with van der Waals surface area (Å²) < 4.78 is 31.4. The molecule has 6 unspecified atom stereocenters. The number of carbonyl (C=O) groups excluding carboxylic acids is 1. The van der Waals surface area contributed by atoms with Crippen molar-refractivity contribution in [1.29, 1.82) is 0 Å². The van der Waals surface area contributed by atoms with Crippen molar-refractivity contribution in [1.82, 2.24) is 0 Å². The van der Waals surface area contributed by atoms with Crippen molar-refractivity contribution in [2.75, 3.05) is 19.8 Å². The van der Waals surface area contributed by atoms with E-state index in [1.165, 1.54) is 0 Å². The highest BCUT2D eigenvalue weighted by Crippen LogP contribution is 2.37. The van der Waals surface area contributed by atoms with E-state index in [-0.39, 0.29) is 23.9 Å². The second-order valence-corrected chi connectivity index (χ2v) is 8.26. The molecule has 3 aliphatic rings. The second-order valence-electron chi connectivity index (χ2n) is 7.75. The summed E-state index contributed by atoms with van der Waals surface area (Å²) in [7, 11) is 0. The molecule has 0 spiro atoms. The van der Waals surface area contributed by atoms with Gasteiger partial charge in [0.1, 0.15) is 12.3 Å². The Bertz CT molecular complexity index is 433. The first-order valence-corrected chi connectivity index (χ1v) is 9.57. The summed E-state index contributed by atoms with van der Waals surface area (Å²) in [6.45, 7) is 5.80. The van der Waals surface area contributed by atoms with Crippen LogP contribution in [-0.2, 0) is 19.0 Å². The first-order valence-electron chi connectivity index (χ1n) is 9.14. The summed E-state index contributed by atoms with van der Waals surface area (Å²) >= 11 is 6.21. The predicted octanol–water partition coefficient (Wildman–Crippen LogP) is 3.35. The Morgan fingerprint density at radius 3 is 2.33 bits per heavy atom. The fraction of sp³-hybridized carbons (Fsp3) is 0.944. The SMILES string of the molecule is CC1COC(C2CCC(C(=O)C3CCC(C)C(F)C3Cl)OC2)OC1. The average molecular weight is 363 g/mol. The molecule has 0 amide bonds. The molecule has 4 nitrogen and oxygen atoms in total. The van der Waals surface area contributed by atoms with E-state index in [1.54, 1.807) is 0 Å². The van der Waals surface area contributed by atoms with Gasteiger partial charge in [-0.15, -0.1) is 11.6 Å². The molecule has 3 fully saturated rings. The topological polar surface area (TPSA) is 44.8 Å². The maximum atomic E-state index is 14.1. The second kappa shape index (κ2) is 7.98. The minimum Gasteiger partial charge on any atom is -0.370 e. The molecule has 6 atom stereocenters. The quantitative estimate of drug-likeness (QED) is 0.722. The van der Waals surface area contributed by atoms with Crippen molar-refractivity contribution in [3.05, 3.63) is 0 Å². The van der Waals surface area contributed by atoms with Crippen molar-refractivity contribution < 1.29 is 23.4 Å². The number of halogens is 2.